The minimum Gasteiger partial charge on any atom is -0.297 e. The monoisotopic (exact) mass is 402 g/mol. The van der Waals surface area contributed by atoms with Crippen molar-refractivity contribution in [2.24, 2.45) is 0 Å². The molecule has 0 radical (unpaired) electrons. The summed E-state index contributed by atoms with van der Waals surface area (Å²) >= 11 is 10.2. The summed E-state index contributed by atoms with van der Waals surface area (Å²) in [4.78, 5) is 2.24. The van der Waals surface area contributed by atoms with Crippen molar-refractivity contribution in [1.29, 1.82) is 0 Å². The number of nitrogens with one attached hydrogen (secondary N) is 1. The molecule has 0 atom stereocenters. The molecule has 0 fully saturated rings. The van der Waals surface area contributed by atoms with E-state index in [9.17, 15) is 8.42 Å². The second-order valence-corrected chi connectivity index (χ2v) is 9.78. The molecule has 0 aliphatic heterocycles. The normalized spacial score (nSPS) is 12.8. The van der Waals surface area contributed by atoms with E-state index in [1.54, 1.807) is 0 Å². The number of hydrogen-bond donors (Lipinski definition) is 1. The smallest absolute Gasteiger partial charge is 0.250 e. The van der Waals surface area contributed by atoms with Gasteiger partial charge < -0.3 is 0 Å². The van der Waals surface area contributed by atoms with E-state index < -0.39 is 10.0 Å². The Kier molecular flexibility index (Phi) is 6.95. The molecule has 0 amide bonds. The van der Waals surface area contributed by atoms with Crippen LogP contribution in [0.2, 0.25) is 5.02 Å². The number of rotatable bonds is 7. The van der Waals surface area contributed by atoms with Crippen LogP contribution in [0.25, 0.3) is 0 Å². The van der Waals surface area contributed by atoms with Gasteiger partial charge in [0, 0.05) is 25.2 Å². The second kappa shape index (κ2) is 7.56. The molecular weight excluding hydrogens is 384 g/mol. The molecule has 20 heavy (non-hydrogen) atoms. The zero-order valence-electron chi connectivity index (χ0n) is 12.0. The topological polar surface area (TPSA) is 49.4 Å². The molecule has 1 aromatic heterocycles. The average Bonchev–Trinajstić information content (AvgIpc) is 2.65. The number of halogens is 2. The third-order valence-corrected chi connectivity index (χ3v) is 7.29. The summed E-state index contributed by atoms with van der Waals surface area (Å²) in [6.07, 6.45) is 0. The highest BCUT2D eigenvalue weighted by molar-refractivity contribution is 9.11. The van der Waals surface area contributed by atoms with Crippen molar-refractivity contribution in [1.82, 2.24) is 9.62 Å². The van der Waals surface area contributed by atoms with Gasteiger partial charge in [-0.25, -0.2) is 13.1 Å². The first-order valence-electron chi connectivity index (χ1n) is 6.35. The van der Waals surface area contributed by atoms with Gasteiger partial charge in [0.2, 0.25) is 10.0 Å². The molecule has 116 valence electrons. The number of nitrogens with zero attached hydrogens (tertiary/aromatic N) is 1. The average molecular weight is 404 g/mol. The lowest BCUT2D eigenvalue weighted by Gasteiger charge is -2.30. The number of hydrogen-bond acceptors (Lipinski definition) is 4. The SMILES string of the molecule is CC(C)N(CCNS(=O)(=O)c1cc(Cl)c(Br)s1)C(C)C. The van der Waals surface area contributed by atoms with Crippen LogP contribution in [0, 0.1) is 0 Å². The van der Waals surface area contributed by atoms with Crippen molar-refractivity contribution < 1.29 is 8.42 Å². The molecule has 0 aliphatic carbocycles. The maximum absolute atomic E-state index is 12.1. The van der Waals surface area contributed by atoms with Crippen LogP contribution in [0.3, 0.4) is 0 Å². The van der Waals surface area contributed by atoms with Gasteiger partial charge in [-0.1, -0.05) is 11.6 Å². The standard InChI is InChI=1S/C12H20BrClN2O2S2/c1-8(2)16(9(3)4)6-5-15-20(17,18)11-7-10(14)12(13)19-11/h7-9,15H,5-6H2,1-4H3. The summed E-state index contributed by atoms with van der Waals surface area (Å²) < 4.78 is 27.7. The number of sulfonamides is 1. The van der Waals surface area contributed by atoms with E-state index in [0.29, 0.717) is 34.0 Å². The van der Waals surface area contributed by atoms with Crippen molar-refractivity contribution in [3.05, 3.63) is 14.9 Å². The first-order valence-corrected chi connectivity index (χ1v) is 9.82. The van der Waals surface area contributed by atoms with E-state index in [1.165, 1.54) is 6.07 Å². The molecule has 1 aromatic rings. The molecule has 1 N–H and O–H groups in total. The molecule has 0 saturated carbocycles. The predicted octanol–water partition coefficient (Wildman–Crippen LogP) is 3.56. The van der Waals surface area contributed by atoms with Gasteiger partial charge >= 0.3 is 0 Å². The molecule has 8 heteroatoms. The lowest BCUT2D eigenvalue weighted by molar-refractivity contribution is 0.179. The van der Waals surface area contributed by atoms with Gasteiger partial charge in [0.15, 0.2) is 0 Å². The molecule has 0 unspecified atom stereocenters. The molecule has 0 spiro atoms. The minimum atomic E-state index is -3.48. The van der Waals surface area contributed by atoms with E-state index in [1.807, 2.05) is 0 Å². The third kappa shape index (κ3) is 4.96. The van der Waals surface area contributed by atoms with E-state index >= 15 is 0 Å². The Morgan fingerprint density at radius 1 is 1.35 bits per heavy atom. The fraction of sp³-hybridized carbons (Fsp3) is 0.667. The molecule has 0 aromatic carbocycles. The summed E-state index contributed by atoms with van der Waals surface area (Å²) in [6.45, 7) is 9.46. The molecule has 1 rings (SSSR count). The van der Waals surface area contributed by atoms with Crippen LogP contribution in [0.5, 0.6) is 0 Å². The molecule has 1 heterocycles. The van der Waals surface area contributed by atoms with Crippen LogP contribution in [-0.2, 0) is 10.0 Å². The van der Waals surface area contributed by atoms with Crippen molar-refractivity contribution in [2.45, 2.75) is 44.0 Å². The zero-order chi connectivity index (χ0) is 15.5. The van der Waals surface area contributed by atoms with E-state index in [0.717, 1.165) is 11.3 Å². The molecule has 4 nitrogen and oxygen atoms in total. The second-order valence-electron chi connectivity index (χ2n) is 5.01. The maximum Gasteiger partial charge on any atom is 0.250 e. The molecular formula is C12H20BrClN2O2S2. The Labute approximate surface area is 138 Å². The summed E-state index contributed by atoms with van der Waals surface area (Å²) in [5.41, 5.74) is 0. The zero-order valence-corrected chi connectivity index (χ0v) is 16.0. The molecule has 0 aliphatic rings. The first kappa shape index (κ1) is 18.4. The van der Waals surface area contributed by atoms with Crippen molar-refractivity contribution in [2.75, 3.05) is 13.1 Å². The predicted molar refractivity (Wildman–Crippen MR) is 89.2 cm³/mol. The summed E-state index contributed by atoms with van der Waals surface area (Å²) in [6, 6.07) is 2.22. The van der Waals surface area contributed by atoms with Crippen LogP contribution in [0.15, 0.2) is 14.1 Å². The van der Waals surface area contributed by atoms with Crippen molar-refractivity contribution in [3.8, 4) is 0 Å². The highest BCUT2D eigenvalue weighted by Crippen LogP contribution is 2.34. The fourth-order valence-corrected chi connectivity index (χ4v) is 5.42. The van der Waals surface area contributed by atoms with Gasteiger partial charge in [-0.15, -0.1) is 11.3 Å². The van der Waals surface area contributed by atoms with Crippen LogP contribution in [0.4, 0.5) is 0 Å². The van der Waals surface area contributed by atoms with Crippen LogP contribution in [-0.4, -0.2) is 38.5 Å². The first-order chi connectivity index (χ1) is 9.15. The van der Waals surface area contributed by atoms with Gasteiger partial charge in [0.05, 0.1) is 8.81 Å². The van der Waals surface area contributed by atoms with Crippen LogP contribution < -0.4 is 4.72 Å². The summed E-state index contributed by atoms with van der Waals surface area (Å²) in [5, 5.41) is 0.418. The van der Waals surface area contributed by atoms with Gasteiger partial charge in [-0.3, -0.25) is 4.90 Å². The number of thiophene rings is 1. The highest BCUT2D eigenvalue weighted by atomic mass is 79.9. The van der Waals surface area contributed by atoms with Crippen LogP contribution >= 0.6 is 38.9 Å². The van der Waals surface area contributed by atoms with Crippen LogP contribution in [0.1, 0.15) is 27.7 Å². The quantitative estimate of drug-likeness (QED) is 0.757. The highest BCUT2D eigenvalue weighted by Gasteiger charge is 2.20. The third-order valence-electron chi connectivity index (χ3n) is 2.88. The van der Waals surface area contributed by atoms with E-state index in [4.69, 9.17) is 11.6 Å². The van der Waals surface area contributed by atoms with Gasteiger partial charge in [0.1, 0.15) is 4.21 Å². The van der Waals surface area contributed by atoms with E-state index in [-0.39, 0.29) is 4.21 Å². The van der Waals surface area contributed by atoms with E-state index in [2.05, 4.69) is 53.2 Å². The summed E-state index contributed by atoms with van der Waals surface area (Å²) in [5.74, 6) is 0. The minimum absolute atomic E-state index is 0.231. The molecule has 0 saturated heterocycles. The Morgan fingerprint density at radius 2 is 1.90 bits per heavy atom. The lowest BCUT2D eigenvalue weighted by atomic mass is 10.2. The summed E-state index contributed by atoms with van der Waals surface area (Å²) in [7, 11) is -3.48. The Hall–Kier alpha value is 0.340. The Morgan fingerprint density at radius 3 is 2.30 bits per heavy atom. The maximum atomic E-state index is 12.1. The Balaban J connectivity index is 2.64. The van der Waals surface area contributed by atoms with Gasteiger partial charge in [-0.2, -0.15) is 0 Å². The van der Waals surface area contributed by atoms with Crippen molar-refractivity contribution in [3.63, 3.8) is 0 Å². The largest absolute Gasteiger partial charge is 0.297 e. The van der Waals surface area contributed by atoms with Gasteiger partial charge in [0.25, 0.3) is 0 Å². The van der Waals surface area contributed by atoms with Gasteiger partial charge in [-0.05, 0) is 49.7 Å². The Bertz CT molecular complexity index is 516. The van der Waals surface area contributed by atoms with Crippen molar-refractivity contribution >= 4 is 48.9 Å². The molecule has 0 bridgehead atoms. The fourth-order valence-electron chi connectivity index (χ4n) is 1.95. The lowest BCUT2D eigenvalue weighted by Crippen LogP contribution is -2.42.